The number of nitrogen functional groups attached to an aromatic ring is 1. The Labute approximate surface area is 112 Å². The molecule has 7 heteroatoms. The van der Waals surface area contributed by atoms with Crippen molar-refractivity contribution >= 4 is 39.7 Å². The van der Waals surface area contributed by atoms with Crippen LogP contribution in [0.4, 0.5) is 15.2 Å². The molecule has 0 bridgehead atoms. The summed E-state index contributed by atoms with van der Waals surface area (Å²) in [7, 11) is 0. The van der Waals surface area contributed by atoms with Crippen LogP contribution in [-0.2, 0) is 11.2 Å². The zero-order valence-corrected chi connectivity index (χ0v) is 10.7. The number of thiazole rings is 1. The van der Waals surface area contributed by atoms with Crippen molar-refractivity contribution in [1.82, 2.24) is 4.98 Å². The second-order valence-corrected chi connectivity index (χ2v) is 4.82. The second kappa shape index (κ2) is 5.32. The van der Waals surface area contributed by atoms with Gasteiger partial charge in [-0.05, 0) is 18.2 Å². The predicted octanol–water partition coefficient (Wildman–Crippen LogP) is 2.70. The summed E-state index contributed by atoms with van der Waals surface area (Å²) >= 11 is 7.09. The molecule has 0 spiro atoms. The number of anilines is 2. The fraction of sp³-hybridized carbons (Fsp3) is 0.0909. The number of amides is 1. The summed E-state index contributed by atoms with van der Waals surface area (Å²) in [6.45, 7) is 0. The summed E-state index contributed by atoms with van der Waals surface area (Å²) in [5, 5.41) is 4.90. The molecule has 1 amide bonds. The Bertz CT molecular complexity index is 587. The third kappa shape index (κ3) is 3.18. The van der Waals surface area contributed by atoms with Crippen LogP contribution >= 0.6 is 22.9 Å². The van der Waals surface area contributed by atoms with Crippen LogP contribution in [0.1, 0.15) is 5.69 Å². The van der Waals surface area contributed by atoms with Gasteiger partial charge in [0.2, 0.25) is 5.91 Å². The van der Waals surface area contributed by atoms with Crippen LogP contribution in [0.15, 0.2) is 23.6 Å². The summed E-state index contributed by atoms with van der Waals surface area (Å²) in [6.07, 6.45) is 0.0700. The van der Waals surface area contributed by atoms with Gasteiger partial charge in [0.25, 0.3) is 0 Å². The summed E-state index contributed by atoms with van der Waals surface area (Å²) in [4.78, 5) is 15.6. The Kier molecular flexibility index (Phi) is 3.78. The Balaban J connectivity index is 2.05. The number of carbonyl (C=O) groups is 1. The lowest BCUT2D eigenvalue weighted by atomic mass is 10.2. The van der Waals surface area contributed by atoms with Gasteiger partial charge in [-0.25, -0.2) is 9.37 Å². The molecule has 0 saturated heterocycles. The number of halogens is 2. The van der Waals surface area contributed by atoms with Gasteiger partial charge in [-0.3, -0.25) is 4.79 Å². The molecule has 0 radical (unpaired) electrons. The molecule has 1 aromatic carbocycles. The van der Waals surface area contributed by atoms with E-state index in [1.54, 1.807) is 5.38 Å². The van der Waals surface area contributed by atoms with E-state index < -0.39 is 5.82 Å². The van der Waals surface area contributed by atoms with Crippen molar-refractivity contribution in [3.63, 3.8) is 0 Å². The molecular formula is C11H9ClFN3OS. The fourth-order valence-corrected chi connectivity index (χ4v) is 2.08. The summed E-state index contributed by atoms with van der Waals surface area (Å²) in [6, 6.07) is 3.77. The topological polar surface area (TPSA) is 68.0 Å². The van der Waals surface area contributed by atoms with Gasteiger partial charge in [-0.1, -0.05) is 11.6 Å². The molecule has 0 aliphatic rings. The number of nitrogens with two attached hydrogens (primary N) is 1. The maximum Gasteiger partial charge on any atom is 0.230 e. The van der Waals surface area contributed by atoms with E-state index >= 15 is 0 Å². The van der Waals surface area contributed by atoms with Gasteiger partial charge in [0.1, 0.15) is 5.82 Å². The van der Waals surface area contributed by atoms with Gasteiger partial charge in [0, 0.05) is 5.38 Å². The Morgan fingerprint density at radius 2 is 2.33 bits per heavy atom. The Morgan fingerprint density at radius 3 is 3.00 bits per heavy atom. The first kappa shape index (κ1) is 12.8. The average molecular weight is 286 g/mol. The minimum atomic E-state index is -0.465. The monoisotopic (exact) mass is 285 g/mol. The van der Waals surface area contributed by atoms with E-state index in [0.29, 0.717) is 10.8 Å². The third-order valence-corrected chi connectivity index (χ3v) is 3.17. The highest BCUT2D eigenvalue weighted by Crippen LogP contribution is 2.22. The van der Waals surface area contributed by atoms with Crippen LogP contribution in [-0.4, -0.2) is 10.9 Å². The number of rotatable bonds is 3. The molecule has 18 heavy (non-hydrogen) atoms. The molecule has 94 valence electrons. The van der Waals surface area contributed by atoms with Crippen molar-refractivity contribution in [3.8, 4) is 0 Å². The first-order valence-corrected chi connectivity index (χ1v) is 6.25. The van der Waals surface area contributed by atoms with Crippen LogP contribution < -0.4 is 11.1 Å². The van der Waals surface area contributed by atoms with E-state index in [-0.39, 0.29) is 23.0 Å². The average Bonchev–Trinajstić information content (AvgIpc) is 2.69. The Morgan fingerprint density at radius 1 is 1.56 bits per heavy atom. The fourth-order valence-electron chi connectivity index (χ4n) is 1.36. The largest absolute Gasteiger partial charge is 0.375 e. The maximum absolute atomic E-state index is 13.0. The minimum Gasteiger partial charge on any atom is -0.375 e. The van der Waals surface area contributed by atoms with Crippen molar-refractivity contribution < 1.29 is 9.18 Å². The molecule has 0 aliphatic heterocycles. The molecule has 0 unspecified atom stereocenters. The number of nitrogens with one attached hydrogen (secondary N) is 1. The molecule has 3 N–H and O–H groups in total. The van der Waals surface area contributed by atoms with E-state index in [0.717, 1.165) is 6.07 Å². The van der Waals surface area contributed by atoms with E-state index in [4.69, 9.17) is 17.3 Å². The van der Waals surface area contributed by atoms with Gasteiger partial charge >= 0.3 is 0 Å². The van der Waals surface area contributed by atoms with Crippen LogP contribution in [0.2, 0.25) is 5.02 Å². The lowest BCUT2D eigenvalue weighted by molar-refractivity contribution is -0.115. The minimum absolute atomic E-state index is 0.0700. The molecule has 0 saturated carbocycles. The van der Waals surface area contributed by atoms with Crippen LogP contribution in [0.25, 0.3) is 0 Å². The van der Waals surface area contributed by atoms with Crippen molar-refractivity contribution in [3.05, 3.63) is 40.1 Å². The highest BCUT2D eigenvalue weighted by Gasteiger charge is 2.09. The maximum atomic E-state index is 13.0. The number of hydrogen-bond donors (Lipinski definition) is 2. The van der Waals surface area contributed by atoms with Crippen molar-refractivity contribution in [2.24, 2.45) is 0 Å². The zero-order valence-electron chi connectivity index (χ0n) is 9.11. The van der Waals surface area contributed by atoms with Crippen LogP contribution in [0.5, 0.6) is 0 Å². The summed E-state index contributed by atoms with van der Waals surface area (Å²) < 4.78 is 13.0. The zero-order chi connectivity index (χ0) is 13.1. The molecule has 1 aromatic heterocycles. The highest BCUT2D eigenvalue weighted by atomic mass is 35.5. The number of carbonyl (C=O) groups excluding carboxylic acids is 1. The van der Waals surface area contributed by atoms with Gasteiger partial charge in [0.05, 0.1) is 22.8 Å². The second-order valence-electron chi connectivity index (χ2n) is 3.53. The van der Waals surface area contributed by atoms with Gasteiger partial charge in [-0.15, -0.1) is 11.3 Å². The molecular weight excluding hydrogens is 277 g/mol. The van der Waals surface area contributed by atoms with Gasteiger partial charge in [0.15, 0.2) is 5.13 Å². The number of hydrogen-bond acceptors (Lipinski definition) is 4. The third-order valence-electron chi connectivity index (χ3n) is 2.11. The first-order valence-electron chi connectivity index (χ1n) is 4.99. The first-order chi connectivity index (χ1) is 8.54. The van der Waals surface area contributed by atoms with Gasteiger partial charge < -0.3 is 11.1 Å². The lowest BCUT2D eigenvalue weighted by Crippen LogP contribution is -2.15. The van der Waals surface area contributed by atoms with E-state index in [1.807, 2.05) is 0 Å². The number of nitrogens with zero attached hydrogens (tertiary/aromatic N) is 1. The predicted molar refractivity (Wildman–Crippen MR) is 70.3 cm³/mol. The molecule has 1 heterocycles. The van der Waals surface area contributed by atoms with Gasteiger partial charge in [-0.2, -0.15) is 0 Å². The van der Waals surface area contributed by atoms with E-state index in [9.17, 15) is 9.18 Å². The van der Waals surface area contributed by atoms with Crippen LogP contribution in [0.3, 0.4) is 0 Å². The van der Waals surface area contributed by atoms with Crippen molar-refractivity contribution in [2.75, 3.05) is 11.1 Å². The SMILES string of the molecule is Nc1nc(CC(=O)Nc2cc(F)ccc2Cl)cs1. The van der Waals surface area contributed by atoms with E-state index in [1.165, 1.54) is 23.5 Å². The number of aromatic nitrogens is 1. The van der Waals surface area contributed by atoms with Crippen molar-refractivity contribution in [1.29, 1.82) is 0 Å². The lowest BCUT2D eigenvalue weighted by Gasteiger charge is -2.06. The van der Waals surface area contributed by atoms with E-state index in [2.05, 4.69) is 10.3 Å². The molecule has 4 nitrogen and oxygen atoms in total. The molecule has 2 rings (SSSR count). The normalized spacial score (nSPS) is 10.3. The van der Waals surface area contributed by atoms with Crippen LogP contribution in [0, 0.1) is 5.82 Å². The quantitative estimate of drug-likeness (QED) is 0.911. The Hall–Kier alpha value is -1.66. The molecule has 0 atom stereocenters. The highest BCUT2D eigenvalue weighted by molar-refractivity contribution is 7.13. The standard InChI is InChI=1S/C11H9ClFN3OS/c12-8-2-1-6(13)3-9(8)16-10(17)4-7-5-18-11(14)15-7/h1-3,5H,4H2,(H2,14,15)(H,16,17). The number of benzene rings is 1. The summed E-state index contributed by atoms with van der Waals surface area (Å²) in [5.74, 6) is -0.791. The molecule has 2 aromatic rings. The smallest absolute Gasteiger partial charge is 0.230 e. The molecule has 0 aliphatic carbocycles. The van der Waals surface area contributed by atoms with Crippen molar-refractivity contribution in [2.45, 2.75) is 6.42 Å². The summed E-state index contributed by atoms with van der Waals surface area (Å²) in [5.41, 5.74) is 6.27. The molecule has 0 fully saturated rings.